The quantitative estimate of drug-likeness (QED) is 0.844. The molecule has 0 radical (unpaired) electrons. The van der Waals surface area contributed by atoms with Gasteiger partial charge in [0.2, 0.25) is 0 Å². The number of aryl methyl sites for hydroxylation is 1. The SMILES string of the molecule is CCC(C(=O)c1ccc(F)c(C)c1)N1CCNCC1. The summed E-state index contributed by atoms with van der Waals surface area (Å²) in [5.74, 6) is -0.153. The molecule has 1 aromatic rings. The fourth-order valence-electron chi connectivity index (χ4n) is 2.59. The Labute approximate surface area is 113 Å². The third kappa shape index (κ3) is 3.19. The van der Waals surface area contributed by atoms with E-state index < -0.39 is 0 Å². The van der Waals surface area contributed by atoms with Crippen LogP contribution in [0.15, 0.2) is 18.2 Å². The van der Waals surface area contributed by atoms with Crippen LogP contribution in [0.3, 0.4) is 0 Å². The van der Waals surface area contributed by atoms with Crippen molar-refractivity contribution in [2.45, 2.75) is 26.3 Å². The first-order chi connectivity index (χ1) is 9.13. The summed E-state index contributed by atoms with van der Waals surface area (Å²) in [6.45, 7) is 7.35. The zero-order valence-corrected chi connectivity index (χ0v) is 11.6. The van der Waals surface area contributed by atoms with E-state index in [1.165, 1.54) is 6.07 Å². The van der Waals surface area contributed by atoms with Gasteiger partial charge in [0, 0.05) is 31.7 Å². The lowest BCUT2D eigenvalue weighted by Gasteiger charge is -2.33. The molecule has 0 spiro atoms. The van der Waals surface area contributed by atoms with Crippen molar-refractivity contribution in [2.24, 2.45) is 0 Å². The molecule has 0 saturated carbocycles. The molecule has 1 atom stereocenters. The zero-order chi connectivity index (χ0) is 13.8. The Balaban J connectivity index is 2.17. The van der Waals surface area contributed by atoms with Gasteiger partial charge >= 0.3 is 0 Å². The van der Waals surface area contributed by atoms with Gasteiger partial charge in [-0.15, -0.1) is 0 Å². The Morgan fingerprint density at radius 2 is 2.11 bits per heavy atom. The fourth-order valence-corrected chi connectivity index (χ4v) is 2.59. The van der Waals surface area contributed by atoms with E-state index in [4.69, 9.17) is 0 Å². The Bertz CT molecular complexity index is 455. The van der Waals surface area contributed by atoms with Crippen LogP contribution in [-0.4, -0.2) is 42.9 Å². The van der Waals surface area contributed by atoms with Crippen molar-refractivity contribution in [3.63, 3.8) is 0 Å². The van der Waals surface area contributed by atoms with Crippen molar-refractivity contribution < 1.29 is 9.18 Å². The normalized spacial score (nSPS) is 18.3. The van der Waals surface area contributed by atoms with E-state index in [-0.39, 0.29) is 17.6 Å². The lowest BCUT2D eigenvalue weighted by molar-refractivity contribution is 0.0790. The van der Waals surface area contributed by atoms with E-state index >= 15 is 0 Å². The highest BCUT2D eigenvalue weighted by molar-refractivity contribution is 6.00. The van der Waals surface area contributed by atoms with Gasteiger partial charge in [-0.05, 0) is 37.1 Å². The second kappa shape index (κ2) is 6.26. The molecule has 104 valence electrons. The molecule has 1 saturated heterocycles. The summed E-state index contributed by atoms with van der Waals surface area (Å²) in [7, 11) is 0. The van der Waals surface area contributed by atoms with E-state index in [1.807, 2.05) is 6.92 Å². The summed E-state index contributed by atoms with van der Waals surface area (Å²) in [6, 6.07) is 4.54. The molecule has 1 fully saturated rings. The number of Topliss-reactive ketones (excluding diaryl/α,β-unsaturated/α-hetero) is 1. The first kappa shape index (κ1) is 14.2. The van der Waals surface area contributed by atoms with Crippen molar-refractivity contribution in [1.29, 1.82) is 0 Å². The minimum atomic E-state index is -0.258. The average molecular weight is 264 g/mol. The summed E-state index contributed by atoms with van der Waals surface area (Å²) in [6.07, 6.45) is 0.787. The van der Waals surface area contributed by atoms with Gasteiger partial charge < -0.3 is 5.32 Å². The van der Waals surface area contributed by atoms with Crippen molar-refractivity contribution in [3.8, 4) is 0 Å². The molecule has 4 heteroatoms. The molecule has 1 aliphatic heterocycles. The number of rotatable bonds is 4. The van der Waals surface area contributed by atoms with E-state index in [1.54, 1.807) is 19.1 Å². The largest absolute Gasteiger partial charge is 0.314 e. The third-order valence-corrected chi connectivity index (χ3v) is 3.72. The summed E-state index contributed by atoms with van der Waals surface area (Å²) in [4.78, 5) is 14.8. The van der Waals surface area contributed by atoms with E-state index in [0.29, 0.717) is 11.1 Å². The Morgan fingerprint density at radius 1 is 1.42 bits per heavy atom. The molecule has 0 amide bonds. The number of halogens is 1. The molecule has 1 aliphatic rings. The zero-order valence-electron chi connectivity index (χ0n) is 11.6. The molecule has 1 unspecified atom stereocenters. The Morgan fingerprint density at radius 3 is 2.68 bits per heavy atom. The van der Waals surface area contributed by atoms with Crippen LogP contribution in [0.1, 0.15) is 29.3 Å². The number of carbonyl (C=O) groups is 1. The molecule has 1 heterocycles. The number of benzene rings is 1. The minimum absolute atomic E-state index is 0.0908. The van der Waals surface area contributed by atoms with Crippen molar-refractivity contribution in [3.05, 3.63) is 35.1 Å². The van der Waals surface area contributed by atoms with Crippen LogP contribution in [0.5, 0.6) is 0 Å². The summed E-state index contributed by atoms with van der Waals surface area (Å²) < 4.78 is 13.3. The lowest BCUT2D eigenvalue weighted by Crippen LogP contribution is -2.51. The van der Waals surface area contributed by atoms with Crippen LogP contribution in [0, 0.1) is 12.7 Å². The van der Waals surface area contributed by atoms with Gasteiger partial charge in [-0.1, -0.05) is 6.92 Å². The van der Waals surface area contributed by atoms with Gasteiger partial charge in [0.05, 0.1) is 6.04 Å². The highest BCUT2D eigenvalue weighted by Crippen LogP contribution is 2.16. The number of hydrogen-bond donors (Lipinski definition) is 1. The second-order valence-corrected chi connectivity index (χ2v) is 5.04. The predicted molar refractivity (Wildman–Crippen MR) is 74.0 cm³/mol. The number of carbonyl (C=O) groups excluding carboxylic acids is 1. The van der Waals surface area contributed by atoms with E-state index in [0.717, 1.165) is 32.6 Å². The monoisotopic (exact) mass is 264 g/mol. The number of nitrogens with zero attached hydrogens (tertiary/aromatic N) is 1. The van der Waals surface area contributed by atoms with Gasteiger partial charge in [0.25, 0.3) is 0 Å². The Kier molecular flexibility index (Phi) is 4.66. The van der Waals surface area contributed by atoms with Crippen LogP contribution in [0.25, 0.3) is 0 Å². The highest BCUT2D eigenvalue weighted by Gasteiger charge is 2.26. The average Bonchev–Trinajstić information content (AvgIpc) is 2.44. The lowest BCUT2D eigenvalue weighted by atomic mass is 9.98. The molecular weight excluding hydrogens is 243 g/mol. The maximum atomic E-state index is 13.3. The van der Waals surface area contributed by atoms with Gasteiger partial charge in [-0.3, -0.25) is 9.69 Å². The molecule has 2 rings (SSSR count). The summed E-state index contributed by atoms with van der Waals surface area (Å²) in [5, 5.41) is 3.29. The topological polar surface area (TPSA) is 32.3 Å². The van der Waals surface area contributed by atoms with Gasteiger partial charge in [0.1, 0.15) is 5.82 Å². The van der Waals surface area contributed by atoms with Gasteiger partial charge in [-0.25, -0.2) is 4.39 Å². The second-order valence-electron chi connectivity index (χ2n) is 5.04. The molecule has 0 aliphatic carbocycles. The van der Waals surface area contributed by atoms with Gasteiger partial charge in [-0.2, -0.15) is 0 Å². The molecule has 3 nitrogen and oxygen atoms in total. The number of hydrogen-bond acceptors (Lipinski definition) is 3. The molecule has 0 bridgehead atoms. The first-order valence-corrected chi connectivity index (χ1v) is 6.88. The summed E-state index contributed by atoms with van der Waals surface area (Å²) >= 11 is 0. The van der Waals surface area contributed by atoms with Crippen LogP contribution in [0.2, 0.25) is 0 Å². The minimum Gasteiger partial charge on any atom is -0.314 e. The van der Waals surface area contributed by atoms with Crippen LogP contribution < -0.4 is 5.32 Å². The van der Waals surface area contributed by atoms with E-state index in [2.05, 4.69) is 10.2 Å². The Hall–Kier alpha value is -1.26. The number of nitrogens with one attached hydrogen (secondary N) is 1. The molecule has 1 aromatic carbocycles. The van der Waals surface area contributed by atoms with Gasteiger partial charge in [0.15, 0.2) is 5.78 Å². The molecule has 19 heavy (non-hydrogen) atoms. The predicted octanol–water partition coefficient (Wildman–Crippen LogP) is 2.00. The smallest absolute Gasteiger partial charge is 0.179 e. The van der Waals surface area contributed by atoms with Crippen molar-refractivity contribution in [1.82, 2.24) is 10.2 Å². The molecule has 0 aromatic heterocycles. The number of piperazine rings is 1. The molecular formula is C15H21FN2O. The third-order valence-electron chi connectivity index (χ3n) is 3.72. The van der Waals surface area contributed by atoms with E-state index in [9.17, 15) is 9.18 Å². The van der Waals surface area contributed by atoms with Crippen molar-refractivity contribution >= 4 is 5.78 Å². The van der Waals surface area contributed by atoms with Crippen LogP contribution in [-0.2, 0) is 0 Å². The molecule has 1 N–H and O–H groups in total. The fraction of sp³-hybridized carbons (Fsp3) is 0.533. The highest BCUT2D eigenvalue weighted by atomic mass is 19.1. The first-order valence-electron chi connectivity index (χ1n) is 6.88. The summed E-state index contributed by atoms with van der Waals surface area (Å²) in [5.41, 5.74) is 1.14. The maximum Gasteiger partial charge on any atom is 0.179 e. The van der Waals surface area contributed by atoms with Crippen molar-refractivity contribution in [2.75, 3.05) is 26.2 Å². The standard InChI is InChI=1S/C15H21FN2O/c1-3-14(18-8-6-17-7-9-18)15(19)12-4-5-13(16)11(2)10-12/h4-5,10,14,17H,3,6-9H2,1-2H3. The maximum absolute atomic E-state index is 13.3. The van der Waals surface area contributed by atoms with Crippen LogP contribution in [0.4, 0.5) is 4.39 Å². The van der Waals surface area contributed by atoms with Crippen LogP contribution >= 0.6 is 0 Å². The number of ketones is 1.